The lowest BCUT2D eigenvalue weighted by Crippen LogP contribution is -2.07. The van der Waals surface area contributed by atoms with E-state index in [4.69, 9.17) is 10.00 Å². The molecule has 0 bridgehead atoms. The first-order chi connectivity index (χ1) is 9.00. The summed E-state index contributed by atoms with van der Waals surface area (Å²) in [5, 5.41) is 8.62. The fourth-order valence-corrected chi connectivity index (χ4v) is 1.35. The quantitative estimate of drug-likeness (QED) is 0.836. The molecule has 1 aromatic heterocycles. The van der Waals surface area contributed by atoms with Crippen LogP contribution in [0.3, 0.4) is 0 Å². The summed E-state index contributed by atoms with van der Waals surface area (Å²) in [6, 6.07) is 6.46. The van der Waals surface area contributed by atoms with Crippen LogP contribution in [0.5, 0.6) is 11.6 Å². The molecule has 0 aliphatic carbocycles. The Balaban J connectivity index is 2.36. The highest BCUT2D eigenvalue weighted by atomic mass is 19.4. The van der Waals surface area contributed by atoms with Gasteiger partial charge in [0.15, 0.2) is 5.69 Å². The number of benzene rings is 1. The minimum Gasteiger partial charge on any atom is -0.437 e. The molecule has 7 heteroatoms. The van der Waals surface area contributed by atoms with Crippen LogP contribution in [0.25, 0.3) is 0 Å². The Kier molecular flexibility index (Phi) is 3.33. The first-order valence-electron chi connectivity index (χ1n) is 5.07. The number of alkyl halides is 3. The number of ether oxygens (including phenoxy) is 1. The third kappa shape index (κ3) is 2.98. The van der Waals surface area contributed by atoms with Crippen molar-refractivity contribution in [2.45, 2.75) is 6.18 Å². The molecular formula is C12H6F3N3O. The SMILES string of the molecule is N#Cc1cncc(Oc2ccccc2C(F)(F)F)n1. The van der Waals surface area contributed by atoms with Crippen LogP contribution in [0.1, 0.15) is 11.3 Å². The van der Waals surface area contributed by atoms with Crippen molar-refractivity contribution in [3.8, 4) is 17.7 Å². The van der Waals surface area contributed by atoms with E-state index < -0.39 is 11.7 Å². The zero-order valence-corrected chi connectivity index (χ0v) is 9.35. The Morgan fingerprint density at radius 3 is 2.58 bits per heavy atom. The highest BCUT2D eigenvalue weighted by Gasteiger charge is 2.34. The van der Waals surface area contributed by atoms with Crippen LogP contribution < -0.4 is 4.74 Å². The van der Waals surface area contributed by atoms with Crippen molar-refractivity contribution in [3.05, 3.63) is 47.9 Å². The van der Waals surface area contributed by atoms with Gasteiger partial charge in [0, 0.05) is 0 Å². The monoisotopic (exact) mass is 265 g/mol. The van der Waals surface area contributed by atoms with Crippen LogP contribution in [0.2, 0.25) is 0 Å². The molecule has 0 unspecified atom stereocenters. The Labute approximate surface area is 106 Å². The number of nitrogens with zero attached hydrogens (tertiary/aromatic N) is 3. The van der Waals surface area contributed by atoms with Crippen molar-refractivity contribution in [2.24, 2.45) is 0 Å². The topological polar surface area (TPSA) is 58.8 Å². The molecule has 4 nitrogen and oxygen atoms in total. The molecule has 0 aliphatic heterocycles. The number of halogens is 3. The number of rotatable bonds is 2. The van der Waals surface area contributed by atoms with Crippen molar-refractivity contribution in [1.82, 2.24) is 9.97 Å². The molecule has 0 spiro atoms. The molecule has 2 rings (SSSR count). The second-order valence-corrected chi connectivity index (χ2v) is 3.45. The lowest BCUT2D eigenvalue weighted by molar-refractivity contribution is -0.138. The smallest absolute Gasteiger partial charge is 0.419 e. The summed E-state index contributed by atoms with van der Waals surface area (Å²) in [5.41, 5.74) is -0.957. The minimum atomic E-state index is -4.53. The molecule has 1 aromatic carbocycles. The van der Waals surface area contributed by atoms with Gasteiger partial charge in [-0.1, -0.05) is 12.1 Å². The van der Waals surface area contributed by atoms with Gasteiger partial charge >= 0.3 is 6.18 Å². The standard InChI is InChI=1S/C12H6F3N3O/c13-12(14,15)9-3-1-2-4-10(9)19-11-7-17-6-8(5-16)18-11/h1-4,6-7H. The van der Waals surface area contributed by atoms with Gasteiger partial charge < -0.3 is 4.74 Å². The Bertz CT molecular complexity index is 635. The minimum absolute atomic E-state index is 0.0398. The van der Waals surface area contributed by atoms with Gasteiger partial charge in [0.2, 0.25) is 5.88 Å². The Morgan fingerprint density at radius 2 is 1.89 bits per heavy atom. The number of aromatic nitrogens is 2. The Morgan fingerprint density at radius 1 is 1.16 bits per heavy atom. The molecule has 2 aromatic rings. The summed E-state index contributed by atoms with van der Waals surface area (Å²) in [5.74, 6) is -0.560. The largest absolute Gasteiger partial charge is 0.437 e. The highest BCUT2D eigenvalue weighted by Crippen LogP contribution is 2.37. The van der Waals surface area contributed by atoms with Crippen LogP contribution in [-0.4, -0.2) is 9.97 Å². The third-order valence-electron chi connectivity index (χ3n) is 2.13. The number of nitriles is 1. The van der Waals surface area contributed by atoms with Crippen LogP contribution in [-0.2, 0) is 6.18 Å². The molecule has 0 N–H and O–H groups in total. The van der Waals surface area contributed by atoms with Gasteiger partial charge in [0.05, 0.1) is 18.0 Å². The van der Waals surface area contributed by atoms with Gasteiger partial charge in [-0.2, -0.15) is 23.4 Å². The van der Waals surface area contributed by atoms with Gasteiger partial charge in [-0.05, 0) is 12.1 Å². The van der Waals surface area contributed by atoms with Crippen molar-refractivity contribution >= 4 is 0 Å². The van der Waals surface area contributed by atoms with Gasteiger partial charge in [0.1, 0.15) is 11.8 Å². The second kappa shape index (κ2) is 4.94. The summed E-state index contributed by atoms with van der Waals surface area (Å²) in [4.78, 5) is 7.35. The van der Waals surface area contributed by atoms with Crippen LogP contribution in [0, 0.1) is 11.3 Å². The third-order valence-corrected chi connectivity index (χ3v) is 2.13. The van der Waals surface area contributed by atoms with Crippen LogP contribution in [0.4, 0.5) is 13.2 Å². The summed E-state index contributed by atoms with van der Waals surface area (Å²) in [6.07, 6.45) is -2.21. The van der Waals surface area contributed by atoms with E-state index in [0.29, 0.717) is 0 Å². The average Bonchev–Trinajstić information content (AvgIpc) is 2.38. The predicted octanol–water partition coefficient (Wildman–Crippen LogP) is 3.16. The molecule has 0 atom stereocenters. The highest BCUT2D eigenvalue weighted by molar-refractivity contribution is 5.38. The molecule has 0 fully saturated rings. The summed E-state index contributed by atoms with van der Waals surface area (Å²) in [7, 11) is 0. The summed E-state index contributed by atoms with van der Waals surface area (Å²) < 4.78 is 43.2. The van der Waals surface area contributed by atoms with Crippen molar-refractivity contribution in [1.29, 1.82) is 5.26 Å². The van der Waals surface area contributed by atoms with Gasteiger partial charge in [-0.25, -0.2) is 0 Å². The predicted molar refractivity (Wildman–Crippen MR) is 58.3 cm³/mol. The molecular weight excluding hydrogens is 259 g/mol. The van der Waals surface area contributed by atoms with Gasteiger partial charge in [-0.3, -0.25) is 4.98 Å². The summed E-state index contributed by atoms with van der Waals surface area (Å²) in [6.45, 7) is 0. The zero-order chi connectivity index (χ0) is 13.9. The lowest BCUT2D eigenvalue weighted by Gasteiger charge is -2.12. The molecule has 0 saturated carbocycles. The normalized spacial score (nSPS) is 10.8. The van der Waals surface area contributed by atoms with Crippen molar-refractivity contribution in [3.63, 3.8) is 0 Å². The maximum absolute atomic E-state index is 12.7. The van der Waals surface area contributed by atoms with E-state index in [-0.39, 0.29) is 17.3 Å². The molecule has 1 heterocycles. The van der Waals surface area contributed by atoms with E-state index in [0.717, 1.165) is 12.3 Å². The van der Waals surface area contributed by atoms with E-state index in [1.807, 2.05) is 0 Å². The maximum atomic E-state index is 12.7. The zero-order valence-electron chi connectivity index (χ0n) is 9.35. The fourth-order valence-electron chi connectivity index (χ4n) is 1.35. The van der Waals surface area contributed by atoms with E-state index in [2.05, 4.69) is 9.97 Å². The van der Waals surface area contributed by atoms with E-state index in [9.17, 15) is 13.2 Å². The van der Waals surface area contributed by atoms with Gasteiger partial charge in [-0.15, -0.1) is 0 Å². The van der Waals surface area contributed by atoms with Crippen LogP contribution in [0.15, 0.2) is 36.7 Å². The number of hydrogen-bond donors (Lipinski definition) is 0. The van der Waals surface area contributed by atoms with Gasteiger partial charge in [0.25, 0.3) is 0 Å². The summed E-state index contributed by atoms with van der Waals surface area (Å²) >= 11 is 0. The first-order valence-corrected chi connectivity index (χ1v) is 5.07. The molecule has 0 amide bonds. The van der Waals surface area contributed by atoms with E-state index in [1.54, 1.807) is 6.07 Å². The number of para-hydroxylation sites is 1. The first kappa shape index (κ1) is 12.8. The fraction of sp³-hybridized carbons (Fsp3) is 0.0833. The van der Waals surface area contributed by atoms with Crippen molar-refractivity contribution < 1.29 is 17.9 Å². The average molecular weight is 265 g/mol. The number of hydrogen-bond acceptors (Lipinski definition) is 4. The Hall–Kier alpha value is -2.62. The van der Waals surface area contributed by atoms with E-state index in [1.165, 1.54) is 24.4 Å². The molecule has 0 radical (unpaired) electrons. The second-order valence-electron chi connectivity index (χ2n) is 3.45. The van der Waals surface area contributed by atoms with E-state index >= 15 is 0 Å². The molecule has 19 heavy (non-hydrogen) atoms. The lowest BCUT2D eigenvalue weighted by atomic mass is 10.2. The molecule has 0 saturated heterocycles. The molecule has 96 valence electrons. The molecule has 0 aliphatic rings. The van der Waals surface area contributed by atoms with Crippen LogP contribution >= 0.6 is 0 Å². The van der Waals surface area contributed by atoms with Crippen molar-refractivity contribution in [2.75, 3.05) is 0 Å². The maximum Gasteiger partial charge on any atom is 0.419 e.